The van der Waals surface area contributed by atoms with Crippen molar-refractivity contribution in [3.63, 3.8) is 0 Å². The summed E-state index contributed by atoms with van der Waals surface area (Å²) in [6.45, 7) is 3.87. The minimum Gasteiger partial charge on any atom is -0.349 e. The third-order valence-corrected chi connectivity index (χ3v) is 3.87. The second kappa shape index (κ2) is 7.16. The normalized spacial score (nSPS) is 10.8. The number of nitrogens with one attached hydrogen (secondary N) is 2. The third kappa shape index (κ3) is 5.32. The van der Waals surface area contributed by atoms with Gasteiger partial charge in [0.25, 0.3) is 5.91 Å². The van der Waals surface area contributed by atoms with Crippen LogP contribution in [0.2, 0.25) is 0 Å². The average Bonchev–Trinajstić information content (AvgIpc) is 2.36. The van der Waals surface area contributed by atoms with Crippen molar-refractivity contribution in [3.05, 3.63) is 42.5 Å². The van der Waals surface area contributed by atoms with Crippen molar-refractivity contribution in [1.82, 2.24) is 5.32 Å². The van der Waals surface area contributed by atoms with E-state index in [0.717, 1.165) is 0 Å². The number of sulfonamides is 1. The van der Waals surface area contributed by atoms with Gasteiger partial charge >= 0.3 is 0 Å². The van der Waals surface area contributed by atoms with Crippen LogP contribution in [0.3, 0.4) is 0 Å². The second-order valence-corrected chi connectivity index (χ2v) is 5.91. The molecule has 1 aromatic carbocycles. The van der Waals surface area contributed by atoms with Crippen LogP contribution in [0.25, 0.3) is 0 Å². The zero-order chi connectivity index (χ0) is 14.3. The van der Waals surface area contributed by atoms with Gasteiger partial charge < -0.3 is 5.32 Å². The maximum atomic E-state index is 11.6. The SMILES string of the molecule is C=CCNC(=O)c1ccc(NS(=O)(=O)CCCl)cc1. The first-order valence-electron chi connectivity index (χ1n) is 5.54. The highest BCUT2D eigenvalue weighted by molar-refractivity contribution is 7.92. The number of hydrogen-bond acceptors (Lipinski definition) is 3. The van der Waals surface area contributed by atoms with Crippen molar-refractivity contribution >= 4 is 33.2 Å². The van der Waals surface area contributed by atoms with E-state index in [-0.39, 0.29) is 17.5 Å². The first-order chi connectivity index (χ1) is 8.98. The molecule has 2 N–H and O–H groups in total. The zero-order valence-electron chi connectivity index (χ0n) is 10.2. The van der Waals surface area contributed by atoms with E-state index < -0.39 is 10.0 Å². The molecule has 104 valence electrons. The van der Waals surface area contributed by atoms with E-state index in [4.69, 9.17) is 11.6 Å². The van der Waals surface area contributed by atoms with E-state index in [9.17, 15) is 13.2 Å². The molecule has 0 aliphatic rings. The fourth-order valence-corrected chi connectivity index (χ4v) is 2.70. The van der Waals surface area contributed by atoms with Crippen LogP contribution >= 0.6 is 11.6 Å². The van der Waals surface area contributed by atoms with Gasteiger partial charge in [-0.1, -0.05) is 6.08 Å². The summed E-state index contributed by atoms with van der Waals surface area (Å²) in [5.41, 5.74) is 0.840. The molecule has 0 spiro atoms. The summed E-state index contributed by atoms with van der Waals surface area (Å²) in [6, 6.07) is 6.12. The van der Waals surface area contributed by atoms with Gasteiger partial charge in [0.1, 0.15) is 0 Å². The largest absolute Gasteiger partial charge is 0.349 e. The Bertz CT molecular complexity index is 541. The molecule has 5 nitrogen and oxygen atoms in total. The molecule has 0 saturated carbocycles. The van der Waals surface area contributed by atoms with Gasteiger partial charge in [0.05, 0.1) is 5.75 Å². The zero-order valence-corrected chi connectivity index (χ0v) is 11.8. The van der Waals surface area contributed by atoms with E-state index in [1.165, 1.54) is 24.3 Å². The number of hydrogen-bond donors (Lipinski definition) is 2. The second-order valence-electron chi connectivity index (χ2n) is 3.69. The first kappa shape index (κ1) is 15.5. The van der Waals surface area contributed by atoms with E-state index in [1.807, 2.05) is 0 Å². The Kier molecular flexibility index (Phi) is 5.85. The molecule has 0 aromatic heterocycles. The standard InChI is InChI=1S/C12H15ClN2O3S/c1-2-8-14-12(16)10-3-5-11(6-4-10)15-19(17,18)9-7-13/h2-6,15H,1,7-9H2,(H,14,16). The van der Waals surface area contributed by atoms with Gasteiger partial charge in [-0.3, -0.25) is 9.52 Å². The number of alkyl halides is 1. The molecule has 0 bridgehead atoms. The average molecular weight is 303 g/mol. The van der Waals surface area contributed by atoms with Gasteiger partial charge in [-0.15, -0.1) is 18.2 Å². The molecule has 0 saturated heterocycles. The van der Waals surface area contributed by atoms with Crippen LogP contribution in [0.5, 0.6) is 0 Å². The van der Waals surface area contributed by atoms with Crippen molar-refractivity contribution in [3.8, 4) is 0 Å². The molecule has 7 heteroatoms. The highest BCUT2D eigenvalue weighted by Gasteiger charge is 2.10. The quantitative estimate of drug-likeness (QED) is 0.593. The topological polar surface area (TPSA) is 75.3 Å². The minimum absolute atomic E-state index is 0.0252. The Morgan fingerprint density at radius 2 is 1.95 bits per heavy atom. The van der Waals surface area contributed by atoms with E-state index >= 15 is 0 Å². The van der Waals surface area contributed by atoms with Gasteiger partial charge in [-0.05, 0) is 24.3 Å². The van der Waals surface area contributed by atoms with E-state index in [1.54, 1.807) is 6.08 Å². The summed E-state index contributed by atoms with van der Waals surface area (Å²) >= 11 is 5.39. The van der Waals surface area contributed by atoms with Crippen LogP contribution in [0.1, 0.15) is 10.4 Å². The van der Waals surface area contributed by atoms with Crippen molar-refractivity contribution in [2.24, 2.45) is 0 Å². The summed E-state index contributed by atoms with van der Waals surface area (Å²) in [5.74, 6) is -0.372. The Balaban J connectivity index is 2.71. The predicted molar refractivity (Wildman–Crippen MR) is 77.1 cm³/mol. The maximum Gasteiger partial charge on any atom is 0.251 e. The molecule has 0 fully saturated rings. The van der Waals surface area contributed by atoms with Gasteiger partial charge in [0.15, 0.2) is 0 Å². The molecule has 1 aromatic rings. The minimum atomic E-state index is -3.43. The monoisotopic (exact) mass is 302 g/mol. The number of rotatable bonds is 7. The van der Waals surface area contributed by atoms with E-state index in [0.29, 0.717) is 17.8 Å². The highest BCUT2D eigenvalue weighted by Crippen LogP contribution is 2.11. The molecule has 1 amide bonds. The fourth-order valence-electron chi connectivity index (χ4n) is 1.29. The molecular weight excluding hydrogens is 288 g/mol. The molecule has 0 atom stereocenters. The molecule has 0 aliphatic heterocycles. The van der Waals surface area contributed by atoms with Crippen molar-refractivity contribution < 1.29 is 13.2 Å². The molecule has 0 radical (unpaired) electrons. The Morgan fingerprint density at radius 1 is 1.32 bits per heavy atom. The first-order valence-corrected chi connectivity index (χ1v) is 7.73. The Labute approximate surface area is 117 Å². The number of anilines is 1. The molecule has 0 heterocycles. The van der Waals surface area contributed by atoms with E-state index in [2.05, 4.69) is 16.6 Å². The summed E-state index contributed by atoms with van der Waals surface area (Å²) < 4.78 is 25.3. The van der Waals surface area contributed by atoms with Gasteiger partial charge in [-0.25, -0.2) is 8.42 Å². The lowest BCUT2D eigenvalue weighted by molar-refractivity contribution is 0.0958. The number of amides is 1. The molecule has 1 rings (SSSR count). The van der Waals surface area contributed by atoms with Crippen LogP contribution < -0.4 is 10.0 Å². The van der Waals surface area contributed by atoms with Gasteiger partial charge in [0, 0.05) is 23.7 Å². The number of carbonyl (C=O) groups excluding carboxylic acids is 1. The number of benzene rings is 1. The summed E-state index contributed by atoms with van der Waals surface area (Å²) in [6.07, 6.45) is 1.58. The van der Waals surface area contributed by atoms with Crippen LogP contribution in [-0.2, 0) is 10.0 Å². The van der Waals surface area contributed by atoms with Gasteiger partial charge in [-0.2, -0.15) is 0 Å². The number of carbonyl (C=O) groups is 1. The lowest BCUT2D eigenvalue weighted by Crippen LogP contribution is -2.23. The lowest BCUT2D eigenvalue weighted by Gasteiger charge is -2.07. The van der Waals surface area contributed by atoms with Crippen molar-refractivity contribution in [2.45, 2.75) is 0 Å². The summed E-state index contributed by atoms with van der Waals surface area (Å²) in [5, 5.41) is 2.62. The summed E-state index contributed by atoms with van der Waals surface area (Å²) in [4.78, 5) is 11.6. The Hall–Kier alpha value is -1.53. The third-order valence-electron chi connectivity index (χ3n) is 2.17. The van der Waals surface area contributed by atoms with Crippen LogP contribution in [0.4, 0.5) is 5.69 Å². The number of halogens is 1. The molecular formula is C12H15ClN2O3S. The van der Waals surface area contributed by atoms with Gasteiger partial charge in [0.2, 0.25) is 10.0 Å². The highest BCUT2D eigenvalue weighted by atomic mass is 35.5. The van der Waals surface area contributed by atoms with Crippen molar-refractivity contribution in [1.29, 1.82) is 0 Å². The maximum absolute atomic E-state index is 11.6. The molecule has 0 aliphatic carbocycles. The van der Waals surface area contributed by atoms with Crippen LogP contribution in [-0.4, -0.2) is 32.5 Å². The van der Waals surface area contributed by atoms with Crippen molar-refractivity contribution in [2.75, 3.05) is 22.9 Å². The predicted octanol–water partition coefficient (Wildman–Crippen LogP) is 1.58. The summed E-state index contributed by atoms with van der Waals surface area (Å²) in [7, 11) is -3.43. The fraction of sp³-hybridized carbons (Fsp3) is 0.250. The van der Waals surface area contributed by atoms with Crippen LogP contribution in [0.15, 0.2) is 36.9 Å². The molecule has 0 unspecified atom stereocenters. The Morgan fingerprint density at radius 3 is 2.47 bits per heavy atom. The smallest absolute Gasteiger partial charge is 0.251 e. The lowest BCUT2D eigenvalue weighted by atomic mass is 10.2. The molecule has 19 heavy (non-hydrogen) atoms. The van der Waals surface area contributed by atoms with Crippen LogP contribution in [0, 0.1) is 0 Å².